The van der Waals surface area contributed by atoms with Gasteiger partial charge in [-0.15, -0.1) is 0 Å². The fourth-order valence-corrected chi connectivity index (χ4v) is 1.33. The van der Waals surface area contributed by atoms with Gasteiger partial charge in [0, 0.05) is 12.8 Å². The third kappa shape index (κ3) is 2.12. The lowest BCUT2D eigenvalue weighted by molar-refractivity contribution is -0.102. The minimum absolute atomic E-state index is 0.184. The summed E-state index contributed by atoms with van der Waals surface area (Å²) in [5.74, 6) is -2.55. The molecule has 0 spiro atoms. The molecule has 0 aromatic rings. The molecule has 1 nitrogen and oxygen atoms in total. The zero-order valence-electron chi connectivity index (χ0n) is 6.45. The zero-order chi connectivity index (χ0) is 8.54. The Morgan fingerprint density at radius 3 is 2.00 bits per heavy atom. The second kappa shape index (κ2) is 2.70. The predicted octanol–water partition coefficient (Wildman–Crippen LogP) is 2.15. The van der Waals surface area contributed by atoms with Crippen molar-refractivity contribution in [1.29, 1.82) is 0 Å². The molecule has 1 fully saturated rings. The van der Waals surface area contributed by atoms with Crippen LogP contribution >= 0.6 is 0 Å². The molecular weight excluding hydrogens is 150 g/mol. The lowest BCUT2D eigenvalue weighted by atomic mass is 9.81. The first kappa shape index (κ1) is 8.91. The molecule has 0 atom stereocenters. The molecule has 11 heavy (non-hydrogen) atoms. The van der Waals surface area contributed by atoms with Crippen LogP contribution in [0.15, 0.2) is 0 Å². The van der Waals surface area contributed by atoms with Crippen molar-refractivity contribution in [1.82, 2.24) is 0 Å². The van der Waals surface area contributed by atoms with Crippen LogP contribution in [0.2, 0.25) is 0 Å². The number of rotatable bonds is 1. The Kier molecular flexibility index (Phi) is 2.19. The van der Waals surface area contributed by atoms with Gasteiger partial charge in [0.15, 0.2) is 0 Å². The number of halogens is 2. The first-order valence-corrected chi connectivity index (χ1v) is 3.87. The predicted molar refractivity (Wildman–Crippen MR) is 38.3 cm³/mol. The molecule has 1 aliphatic rings. The second-order valence-electron chi connectivity index (χ2n) is 3.33. The van der Waals surface area contributed by atoms with E-state index in [-0.39, 0.29) is 25.7 Å². The van der Waals surface area contributed by atoms with Gasteiger partial charge in [0.2, 0.25) is 5.92 Å². The minimum atomic E-state index is -2.55. The van der Waals surface area contributed by atoms with Gasteiger partial charge in [0.05, 0.1) is 5.60 Å². The van der Waals surface area contributed by atoms with Gasteiger partial charge in [0.25, 0.3) is 0 Å². The van der Waals surface area contributed by atoms with E-state index >= 15 is 0 Å². The highest BCUT2D eigenvalue weighted by molar-refractivity contribution is 4.88. The molecule has 3 heteroatoms. The second-order valence-corrected chi connectivity index (χ2v) is 3.33. The summed E-state index contributed by atoms with van der Waals surface area (Å²) in [6, 6.07) is 0. The summed E-state index contributed by atoms with van der Waals surface area (Å²) in [7, 11) is 0. The summed E-state index contributed by atoms with van der Waals surface area (Å²) in [5.41, 5.74) is -0.915. The molecule has 1 aliphatic carbocycles. The Hall–Kier alpha value is -0.180. The molecule has 0 unspecified atom stereocenters. The molecule has 1 saturated carbocycles. The molecule has 0 amide bonds. The quantitative estimate of drug-likeness (QED) is 0.628. The van der Waals surface area contributed by atoms with Crippen LogP contribution in [-0.2, 0) is 0 Å². The zero-order valence-corrected chi connectivity index (χ0v) is 6.45. The molecule has 0 bridgehead atoms. The van der Waals surface area contributed by atoms with Crippen LogP contribution in [0.25, 0.3) is 0 Å². The lowest BCUT2D eigenvalue weighted by Gasteiger charge is -2.34. The smallest absolute Gasteiger partial charge is 0.248 e. The van der Waals surface area contributed by atoms with E-state index in [4.69, 9.17) is 0 Å². The molecule has 0 heterocycles. The van der Waals surface area contributed by atoms with Crippen molar-refractivity contribution in [3.05, 3.63) is 6.92 Å². The molecule has 1 N–H and O–H groups in total. The summed E-state index contributed by atoms with van der Waals surface area (Å²) in [6.07, 6.45) is 0.314. The molecular formula is C8H13F2O. The van der Waals surface area contributed by atoms with E-state index in [2.05, 4.69) is 6.92 Å². The Labute approximate surface area is 65.4 Å². The van der Waals surface area contributed by atoms with Crippen molar-refractivity contribution in [3.63, 3.8) is 0 Å². The average molecular weight is 163 g/mol. The van der Waals surface area contributed by atoms with Crippen molar-refractivity contribution in [2.24, 2.45) is 0 Å². The average Bonchev–Trinajstić information content (AvgIpc) is 1.97. The highest BCUT2D eigenvalue weighted by atomic mass is 19.3. The fourth-order valence-electron chi connectivity index (χ4n) is 1.33. The highest BCUT2D eigenvalue weighted by Crippen LogP contribution is 2.39. The molecule has 1 rings (SSSR count). The monoisotopic (exact) mass is 163 g/mol. The molecule has 0 aromatic carbocycles. The summed E-state index contributed by atoms with van der Waals surface area (Å²) < 4.78 is 25.1. The number of hydrogen-bond donors (Lipinski definition) is 1. The fraction of sp³-hybridized carbons (Fsp3) is 0.875. The van der Waals surface area contributed by atoms with Crippen molar-refractivity contribution < 1.29 is 13.9 Å². The van der Waals surface area contributed by atoms with Gasteiger partial charge in [-0.1, -0.05) is 6.92 Å². The molecule has 0 saturated heterocycles. The Bertz CT molecular complexity index is 135. The summed E-state index contributed by atoms with van der Waals surface area (Å²) in [5, 5.41) is 9.52. The van der Waals surface area contributed by atoms with Gasteiger partial charge in [-0.3, -0.25) is 0 Å². The largest absolute Gasteiger partial charge is 0.390 e. The van der Waals surface area contributed by atoms with E-state index in [1.165, 1.54) is 0 Å². The normalized spacial score (nSPS) is 28.4. The third-order valence-electron chi connectivity index (χ3n) is 2.38. The SMILES string of the molecule is [CH2]CC1(O)CCC(F)(F)CC1. The standard InChI is InChI=1S/C8H13F2O/c1-2-7(11)3-5-8(9,10)6-4-7/h11H,1-6H2. The maximum atomic E-state index is 12.6. The van der Waals surface area contributed by atoms with Gasteiger partial charge < -0.3 is 5.11 Å². The van der Waals surface area contributed by atoms with E-state index in [0.29, 0.717) is 6.42 Å². The highest BCUT2D eigenvalue weighted by Gasteiger charge is 2.40. The molecule has 1 radical (unpaired) electrons. The van der Waals surface area contributed by atoms with E-state index < -0.39 is 11.5 Å². The summed E-state index contributed by atoms with van der Waals surface area (Å²) in [4.78, 5) is 0. The molecule has 0 aromatic heterocycles. The Balaban J connectivity index is 2.48. The van der Waals surface area contributed by atoms with Crippen LogP contribution in [0, 0.1) is 6.92 Å². The topological polar surface area (TPSA) is 20.2 Å². The number of hydrogen-bond acceptors (Lipinski definition) is 1. The van der Waals surface area contributed by atoms with Crippen molar-refractivity contribution in [2.45, 2.75) is 43.6 Å². The molecule has 65 valence electrons. The first-order chi connectivity index (χ1) is 4.97. The number of aliphatic hydroxyl groups is 1. The van der Waals surface area contributed by atoms with Crippen molar-refractivity contribution >= 4 is 0 Å². The van der Waals surface area contributed by atoms with Gasteiger partial charge in [-0.05, 0) is 19.3 Å². The molecule has 0 aliphatic heterocycles. The van der Waals surface area contributed by atoms with E-state index in [9.17, 15) is 13.9 Å². The van der Waals surface area contributed by atoms with Gasteiger partial charge in [-0.25, -0.2) is 8.78 Å². The van der Waals surface area contributed by atoms with Crippen LogP contribution < -0.4 is 0 Å². The van der Waals surface area contributed by atoms with Crippen LogP contribution in [0.1, 0.15) is 32.1 Å². The Morgan fingerprint density at radius 1 is 1.18 bits per heavy atom. The first-order valence-electron chi connectivity index (χ1n) is 3.87. The van der Waals surface area contributed by atoms with Gasteiger partial charge >= 0.3 is 0 Å². The van der Waals surface area contributed by atoms with Crippen LogP contribution in [-0.4, -0.2) is 16.6 Å². The van der Waals surface area contributed by atoms with Gasteiger partial charge in [-0.2, -0.15) is 0 Å². The summed E-state index contributed by atoms with van der Waals surface area (Å²) >= 11 is 0. The minimum Gasteiger partial charge on any atom is -0.390 e. The van der Waals surface area contributed by atoms with Crippen LogP contribution in [0.5, 0.6) is 0 Å². The number of alkyl halides is 2. The van der Waals surface area contributed by atoms with E-state index in [0.717, 1.165) is 0 Å². The maximum absolute atomic E-state index is 12.6. The maximum Gasteiger partial charge on any atom is 0.248 e. The van der Waals surface area contributed by atoms with Crippen LogP contribution in [0.4, 0.5) is 8.78 Å². The van der Waals surface area contributed by atoms with E-state index in [1.54, 1.807) is 0 Å². The Morgan fingerprint density at radius 2 is 1.64 bits per heavy atom. The van der Waals surface area contributed by atoms with Crippen LogP contribution in [0.3, 0.4) is 0 Å². The third-order valence-corrected chi connectivity index (χ3v) is 2.38. The van der Waals surface area contributed by atoms with E-state index in [1.807, 2.05) is 0 Å². The van der Waals surface area contributed by atoms with Crippen molar-refractivity contribution in [3.8, 4) is 0 Å². The van der Waals surface area contributed by atoms with Crippen molar-refractivity contribution in [2.75, 3.05) is 0 Å². The summed E-state index contributed by atoms with van der Waals surface area (Å²) in [6.45, 7) is 3.53. The lowest BCUT2D eigenvalue weighted by Crippen LogP contribution is -2.37. The van der Waals surface area contributed by atoms with Gasteiger partial charge in [0.1, 0.15) is 0 Å².